The van der Waals surface area contributed by atoms with Gasteiger partial charge in [-0.05, 0) is 12.1 Å². The summed E-state index contributed by atoms with van der Waals surface area (Å²) in [5, 5.41) is 4.09. The van der Waals surface area contributed by atoms with E-state index >= 15 is 0 Å². The first kappa shape index (κ1) is 21.4. The van der Waals surface area contributed by atoms with Crippen LogP contribution in [0.2, 0.25) is 5.15 Å². The fraction of sp³-hybridized carbons (Fsp3) is 0.278. The maximum absolute atomic E-state index is 12.3. The van der Waals surface area contributed by atoms with Crippen molar-refractivity contribution in [3.63, 3.8) is 0 Å². The number of hydrogen-bond acceptors (Lipinski definition) is 10. The molecule has 0 aliphatic carbocycles. The van der Waals surface area contributed by atoms with E-state index in [2.05, 4.69) is 19.3 Å². The first-order valence-electron chi connectivity index (χ1n) is 9.20. The highest BCUT2D eigenvalue weighted by molar-refractivity contribution is 7.11. The predicted octanol–water partition coefficient (Wildman–Crippen LogP) is 1.77. The number of anilines is 1. The lowest BCUT2D eigenvalue weighted by atomic mass is 10.3. The van der Waals surface area contributed by atoms with Crippen LogP contribution in [0.3, 0.4) is 0 Å². The smallest absolute Gasteiger partial charge is 0.313 e. The summed E-state index contributed by atoms with van der Waals surface area (Å²) in [5.41, 5.74) is 3.00. The van der Waals surface area contributed by atoms with E-state index in [1.165, 1.54) is 10.8 Å². The second-order valence-electron chi connectivity index (χ2n) is 6.27. The topological polar surface area (TPSA) is 111 Å². The molecule has 162 valence electrons. The standard InChI is InChI=1S/C18H17ClN6O4S2/c19-15-13(30-18(27)25(15)12-4-2-1-3-5-12)10-20-21-14(26)11-29-17-16(22-31-23-17)24-6-8-28-9-7-24/h1-5,10H,6-9,11H2,(H,21,26). The van der Waals surface area contributed by atoms with E-state index < -0.39 is 5.91 Å². The third kappa shape index (κ3) is 5.10. The lowest BCUT2D eigenvalue weighted by Gasteiger charge is -2.26. The second-order valence-corrected chi connectivity index (χ2v) is 8.15. The molecule has 1 aliphatic rings. The zero-order valence-electron chi connectivity index (χ0n) is 16.1. The van der Waals surface area contributed by atoms with E-state index in [4.69, 9.17) is 21.1 Å². The number of morpholine rings is 1. The van der Waals surface area contributed by atoms with Crippen LogP contribution in [0.15, 0.2) is 40.2 Å². The van der Waals surface area contributed by atoms with Crippen LogP contribution in [0.1, 0.15) is 4.88 Å². The molecule has 1 saturated heterocycles. The fourth-order valence-corrected chi connectivity index (χ4v) is 4.48. The molecule has 10 nitrogen and oxygen atoms in total. The summed E-state index contributed by atoms with van der Waals surface area (Å²) in [7, 11) is 0. The van der Waals surface area contributed by atoms with Gasteiger partial charge in [0.2, 0.25) is 5.82 Å². The van der Waals surface area contributed by atoms with E-state index in [9.17, 15) is 9.59 Å². The van der Waals surface area contributed by atoms with Crippen molar-refractivity contribution in [2.24, 2.45) is 5.10 Å². The fourth-order valence-electron chi connectivity index (χ4n) is 2.81. The molecule has 0 spiro atoms. The number of nitrogens with one attached hydrogen (secondary N) is 1. The highest BCUT2D eigenvalue weighted by atomic mass is 35.5. The van der Waals surface area contributed by atoms with Crippen LogP contribution < -0.4 is 19.9 Å². The van der Waals surface area contributed by atoms with E-state index in [0.29, 0.717) is 48.6 Å². The van der Waals surface area contributed by atoms with Gasteiger partial charge in [0.25, 0.3) is 11.8 Å². The molecule has 13 heteroatoms. The first-order chi connectivity index (χ1) is 15.1. The number of para-hydroxylation sites is 1. The minimum absolute atomic E-state index is 0.221. The highest BCUT2D eigenvalue weighted by Gasteiger charge is 2.20. The van der Waals surface area contributed by atoms with Crippen LogP contribution in [0.4, 0.5) is 5.82 Å². The first-order valence-corrected chi connectivity index (χ1v) is 11.1. The highest BCUT2D eigenvalue weighted by Crippen LogP contribution is 2.26. The van der Waals surface area contributed by atoms with Crippen molar-refractivity contribution < 1.29 is 14.3 Å². The monoisotopic (exact) mass is 480 g/mol. The van der Waals surface area contributed by atoms with Crippen molar-refractivity contribution >= 4 is 52.6 Å². The van der Waals surface area contributed by atoms with Gasteiger partial charge in [-0.1, -0.05) is 41.1 Å². The summed E-state index contributed by atoms with van der Waals surface area (Å²) >= 11 is 8.26. The van der Waals surface area contributed by atoms with Gasteiger partial charge in [0.05, 0.1) is 41.7 Å². The number of ether oxygens (including phenoxy) is 2. The number of hydrazone groups is 1. The Balaban J connectivity index is 1.34. The van der Waals surface area contributed by atoms with Gasteiger partial charge < -0.3 is 14.4 Å². The molecule has 1 aliphatic heterocycles. The number of carbonyl (C=O) groups is 1. The lowest BCUT2D eigenvalue weighted by molar-refractivity contribution is -0.123. The molecule has 3 aromatic rings. The summed E-state index contributed by atoms with van der Waals surface area (Å²) in [4.78, 5) is 26.5. The molecule has 3 heterocycles. The van der Waals surface area contributed by atoms with Crippen LogP contribution in [-0.2, 0) is 9.53 Å². The third-order valence-electron chi connectivity index (χ3n) is 4.26. The van der Waals surface area contributed by atoms with Gasteiger partial charge in [0, 0.05) is 13.1 Å². The quantitative estimate of drug-likeness (QED) is 0.405. The van der Waals surface area contributed by atoms with Gasteiger partial charge in [-0.15, -0.1) is 4.37 Å². The van der Waals surface area contributed by atoms with Crippen LogP contribution >= 0.6 is 34.7 Å². The molecule has 0 unspecified atom stereocenters. The molecule has 0 radical (unpaired) electrons. The molecule has 1 N–H and O–H groups in total. The maximum Gasteiger partial charge on any atom is 0.313 e. The average molecular weight is 481 g/mol. The van der Waals surface area contributed by atoms with Crippen molar-refractivity contribution in [3.05, 3.63) is 50.0 Å². The Morgan fingerprint density at radius 2 is 2.06 bits per heavy atom. The van der Waals surface area contributed by atoms with Crippen LogP contribution in [0.25, 0.3) is 5.69 Å². The molecule has 1 aromatic carbocycles. The van der Waals surface area contributed by atoms with Gasteiger partial charge in [-0.3, -0.25) is 14.2 Å². The van der Waals surface area contributed by atoms with Crippen LogP contribution in [0.5, 0.6) is 5.88 Å². The Morgan fingerprint density at radius 1 is 1.29 bits per heavy atom. The number of amides is 1. The van der Waals surface area contributed by atoms with Crippen molar-refractivity contribution in [3.8, 4) is 11.6 Å². The van der Waals surface area contributed by atoms with Crippen molar-refractivity contribution in [2.45, 2.75) is 0 Å². The zero-order chi connectivity index (χ0) is 21.6. The summed E-state index contributed by atoms with van der Waals surface area (Å²) in [6.45, 7) is 2.30. The minimum atomic E-state index is -0.483. The minimum Gasteiger partial charge on any atom is -0.464 e. The zero-order valence-corrected chi connectivity index (χ0v) is 18.5. The second kappa shape index (κ2) is 10.0. The largest absolute Gasteiger partial charge is 0.464 e. The molecule has 1 fully saturated rings. The molecule has 2 aromatic heterocycles. The number of halogens is 1. The summed E-state index contributed by atoms with van der Waals surface area (Å²) < 4.78 is 20.5. The van der Waals surface area contributed by atoms with Gasteiger partial charge in [0.15, 0.2) is 6.61 Å². The Kier molecular flexibility index (Phi) is 6.92. The van der Waals surface area contributed by atoms with Crippen molar-refractivity contribution in [1.29, 1.82) is 0 Å². The van der Waals surface area contributed by atoms with Gasteiger partial charge >= 0.3 is 4.87 Å². The molecule has 0 saturated carbocycles. The van der Waals surface area contributed by atoms with Gasteiger partial charge in [-0.25, -0.2) is 5.43 Å². The van der Waals surface area contributed by atoms with E-state index in [1.54, 1.807) is 12.1 Å². The molecule has 0 atom stereocenters. The number of carbonyl (C=O) groups excluding carboxylic acids is 1. The molecule has 0 bridgehead atoms. The van der Waals surface area contributed by atoms with Crippen molar-refractivity contribution in [2.75, 3.05) is 37.8 Å². The van der Waals surface area contributed by atoms with E-state index in [1.807, 2.05) is 23.1 Å². The number of aromatic nitrogens is 3. The summed E-state index contributed by atoms with van der Waals surface area (Å²) in [6.07, 6.45) is 1.33. The predicted molar refractivity (Wildman–Crippen MR) is 119 cm³/mol. The number of nitrogens with zero attached hydrogens (tertiary/aromatic N) is 5. The number of benzene rings is 1. The van der Waals surface area contributed by atoms with Gasteiger partial charge in [-0.2, -0.15) is 9.47 Å². The Labute approximate surface area is 190 Å². The Morgan fingerprint density at radius 3 is 2.84 bits per heavy atom. The summed E-state index contributed by atoms with van der Waals surface area (Å²) in [5.74, 6) is 0.416. The number of rotatable bonds is 7. The maximum atomic E-state index is 12.3. The molecular formula is C18H17ClN6O4S2. The van der Waals surface area contributed by atoms with Gasteiger partial charge in [0.1, 0.15) is 5.15 Å². The molecule has 1 amide bonds. The Hall–Kier alpha value is -2.80. The SMILES string of the molecule is O=C(COc1nsnc1N1CCOCC1)NN=Cc1sc(=O)n(-c2ccccc2)c1Cl. The number of thiazole rings is 1. The molecule has 4 rings (SSSR count). The normalized spacial score (nSPS) is 14.2. The van der Waals surface area contributed by atoms with Crippen molar-refractivity contribution in [1.82, 2.24) is 18.7 Å². The lowest BCUT2D eigenvalue weighted by Crippen LogP contribution is -2.36. The average Bonchev–Trinajstić information content (AvgIpc) is 3.37. The van der Waals surface area contributed by atoms with E-state index in [0.717, 1.165) is 23.1 Å². The third-order valence-corrected chi connectivity index (χ3v) is 6.12. The Bertz CT molecular complexity index is 1120. The molecule has 31 heavy (non-hydrogen) atoms. The van der Waals surface area contributed by atoms with Crippen LogP contribution in [0, 0.1) is 0 Å². The number of hydrogen-bond donors (Lipinski definition) is 1. The van der Waals surface area contributed by atoms with E-state index in [-0.39, 0.29) is 16.6 Å². The molecular weight excluding hydrogens is 464 g/mol. The van der Waals surface area contributed by atoms with Crippen LogP contribution in [-0.4, -0.2) is 58.3 Å². The summed E-state index contributed by atoms with van der Waals surface area (Å²) in [6, 6.07) is 9.02.